The Labute approximate surface area is 107 Å². The lowest BCUT2D eigenvalue weighted by Gasteiger charge is -2.21. The van der Waals surface area contributed by atoms with Gasteiger partial charge >= 0.3 is 0 Å². The fraction of sp³-hybridized carbons (Fsp3) is 0.429. The summed E-state index contributed by atoms with van der Waals surface area (Å²) in [6, 6.07) is 7.00. The normalized spacial score (nSPS) is 19.3. The number of carbonyl (C=O) groups is 2. The van der Waals surface area contributed by atoms with Crippen LogP contribution in [0.15, 0.2) is 24.3 Å². The fourth-order valence-corrected chi connectivity index (χ4v) is 2.11. The van der Waals surface area contributed by atoms with Crippen molar-refractivity contribution in [2.75, 3.05) is 18.4 Å². The quantitative estimate of drug-likeness (QED) is 0.800. The Morgan fingerprint density at radius 3 is 2.56 bits per heavy atom. The van der Waals surface area contributed by atoms with Gasteiger partial charge in [0.15, 0.2) is 5.78 Å². The lowest BCUT2D eigenvalue weighted by molar-refractivity contribution is -0.120. The second-order valence-corrected chi connectivity index (χ2v) is 4.67. The molecule has 18 heavy (non-hydrogen) atoms. The number of carbonyl (C=O) groups excluding carboxylic acids is 2. The largest absolute Gasteiger partial charge is 0.326 e. The van der Waals surface area contributed by atoms with Crippen molar-refractivity contribution in [3.05, 3.63) is 29.8 Å². The van der Waals surface area contributed by atoms with Gasteiger partial charge in [0, 0.05) is 17.8 Å². The molecule has 1 saturated heterocycles. The number of hydrogen-bond acceptors (Lipinski definition) is 3. The number of piperidine rings is 1. The summed E-state index contributed by atoms with van der Waals surface area (Å²) in [4.78, 5) is 23.1. The highest BCUT2D eigenvalue weighted by molar-refractivity contribution is 5.96. The third kappa shape index (κ3) is 3.17. The Hall–Kier alpha value is -1.68. The monoisotopic (exact) mass is 246 g/mol. The van der Waals surface area contributed by atoms with Gasteiger partial charge in [0.2, 0.25) is 5.91 Å². The molecule has 1 amide bonds. The third-order valence-electron chi connectivity index (χ3n) is 3.23. The number of benzene rings is 1. The van der Waals surface area contributed by atoms with Gasteiger partial charge in [-0.2, -0.15) is 0 Å². The summed E-state index contributed by atoms with van der Waals surface area (Å²) in [6.07, 6.45) is 1.98. The van der Waals surface area contributed by atoms with Crippen LogP contribution in [0.4, 0.5) is 5.69 Å². The van der Waals surface area contributed by atoms with Crippen LogP contribution < -0.4 is 10.6 Å². The first-order valence-corrected chi connectivity index (χ1v) is 6.29. The second-order valence-electron chi connectivity index (χ2n) is 4.67. The molecule has 1 aromatic carbocycles. The van der Waals surface area contributed by atoms with E-state index >= 15 is 0 Å². The molecule has 0 unspecified atom stereocenters. The van der Waals surface area contributed by atoms with Crippen molar-refractivity contribution in [1.29, 1.82) is 0 Å². The zero-order chi connectivity index (χ0) is 13.0. The predicted molar refractivity (Wildman–Crippen MR) is 70.7 cm³/mol. The van der Waals surface area contributed by atoms with E-state index in [1.807, 2.05) is 0 Å². The average Bonchev–Trinajstić information content (AvgIpc) is 2.40. The number of rotatable bonds is 3. The Kier molecular flexibility index (Phi) is 4.10. The molecule has 0 saturated carbocycles. The maximum absolute atomic E-state index is 12.0. The maximum atomic E-state index is 12.0. The molecule has 1 aromatic rings. The molecule has 1 aliphatic heterocycles. The van der Waals surface area contributed by atoms with Gasteiger partial charge < -0.3 is 10.6 Å². The smallest absolute Gasteiger partial charge is 0.228 e. The maximum Gasteiger partial charge on any atom is 0.228 e. The zero-order valence-electron chi connectivity index (χ0n) is 10.5. The number of Topliss-reactive ketones (excluding diaryl/α,β-unsaturated/α-hetero) is 1. The van der Waals surface area contributed by atoms with Crippen LogP contribution in [-0.2, 0) is 4.79 Å². The van der Waals surface area contributed by atoms with Crippen molar-refractivity contribution >= 4 is 17.4 Å². The Morgan fingerprint density at radius 2 is 2.00 bits per heavy atom. The van der Waals surface area contributed by atoms with E-state index in [-0.39, 0.29) is 17.6 Å². The number of hydrogen-bond donors (Lipinski definition) is 2. The lowest BCUT2D eigenvalue weighted by Crippen LogP contribution is -2.37. The van der Waals surface area contributed by atoms with Crippen LogP contribution in [0.25, 0.3) is 0 Å². The van der Waals surface area contributed by atoms with Crippen LogP contribution in [0.1, 0.15) is 30.1 Å². The van der Waals surface area contributed by atoms with Crippen LogP contribution in [0, 0.1) is 5.92 Å². The highest BCUT2D eigenvalue weighted by Crippen LogP contribution is 2.15. The topological polar surface area (TPSA) is 58.2 Å². The van der Waals surface area contributed by atoms with Crippen molar-refractivity contribution in [2.24, 2.45) is 5.92 Å². The van der Waals surface area contributed by atoms with Crippen molar-refractivity contribution in [3.63, 3.8) is 0 Å². The van der Waals surface area contributed by atoms with Crippen LogP contribution in [-0.4, -0.2) is 24.8 Å². The summed E-state index contributed by atoms with van der Waals surface area (Å²) in [5.41, 5.74) is 1.41. The molecule has 1 fully saturated rings. The summed E-state index contributed by atoms with van der Waals surface area (Å²) < 4.78 is 0. The van der Waals surface area contributed by atoms with Gasteiger partial charge in [0.05, 0.1) is 5.92 Å². The fourth-order valence-electron chi connectivity index (χ4n) is 2.11. The molecule has 0 aliphatic carbocycles. The van der Waals surface area contributed by atoms with E-state index in [1.165, 1.54) is 6.92 Å². The number of ketones is 1. The molecule has 4 nitrogen and oxygen atoms in total. The minimum Gasteiger partial charge on any atom is -0.326 e. The molecule has 2 N–H and O–H groups in total. The molecular weight excluding hydrogens is 228 g/mol. The number of nitrogens with one attached hydrogen (secondary N) is 2. The first-order chi connectivity index (χ1) is 8.66. The van der Waals surface area contributed by atoms with Crippen LogP contribution in [0.3, 0.4) is 0 Å². The van der Waals surface area contributed by atoms with E-state index in [0.717, 1.165) is 31.6 Å². The predicted octanol–water partition coefficient (Wildman–Crippen LogP) is 1.83. The molecule has 2 rings (SSSR count). The van der Waals surface area contributed by atoms with Crippen molar-refractivity contribution in [1.82, 2.24) is 5.32 Å². The van der Waals surface area contributed by atoms with E-state index in [4.69, 9.17) is 0 Å². The first kappa shape index (κ1) is 12.8. The second kappa shape index (κ2) is 5.78. The Balaban J connectivity index is 1.96. The van der Waals surface area contributed by atoms with Crippen molar-refractivity contribution in [2.45, 2.75) is 19.8 Å². The van der Waals surface area contributed by atoms with E-state index in [0.29, 0.717) is 5.56 Å². The number of anilines is 1. The van der Waals surface area contributed by atoms with Gasteiger partial charge in [-0.3, -0.25) is 9.59 Å². The van der Waals surface area contributed by atoms with Gasteiger partial charge in [-0.15, -0.1) is 0 Å². The minimum absolute atomic E-state index is 0.0318. The first-order valence-electron chi connectivity index (χ1n) is 6.29. The number of amides is 1. The van der Waals surface area contributed by atoms with E-state index in [1.54, 1.807) is 24.3 Å². The summed E-state index contributed by atoms with van der Waals surface area (Å²) in [5, 5.41) is 6.11. The van der Waals surface area contributed by atoms with Crippen LogP contribution in [0.5, 0.6) is 0 Å². The molecule has 0 radical (unpaired) electrons. The molecule has 0 aromatic heterocycles. The summed E-state index contributed by atoms with van der Waals surface area (Å²) in [6.45, 7) is 3.27. The van der Waals surface area contributed by atoms with Crippen LogP contribution >= 0.6 is 0 Å². The highest BCUT2D eigenvalue weighted by atomic mass is 16.2. The van der Waals surface area contributed by atoms with Gasteiger partial charge in [0.1, 0.15) is 0 Å². The van der Waals surface area contributed by atoms with Crippen LogP contribution in [0.2, 0.25) is 0 Å². The summed E-state index contributed by atoms with van der Waals surface area (Å²) in [7, 11) is 0. The zero-order valence-corrected chi connectivity index (χ0v) is 10.5. The highest BCUT2D eigenvalue weighted by Gasteiger charge is 2.20. The van der Waals surface area contributed by atoms with Gasteiger partial charge in [-0.25, -0.2) is 0 Å². The summed E-state index contributed by atoms with van der Waals surface area (Å²) >= 11 is 0. The van der Waals surface area contributed by atoms with E-state index in [9.17, 15) is 9.59 Å². The van der Waals surface area contributed by atoms with Gasteiger partial charge in [0.25, 0.3) is 0 Å². The Bertz CT molecular complexity index is 434. The van der Waals surface area contributed by atoms with Gasteiger partial charge in [-0.05, 0) is 50.6 Å². The van der Waals surface area contributed by atoms with Gasteiger partial charge in [-0.1, -0.05) is 0 Å². The molecular formula is C14H18N2O2. The van der Waals surface area contributed by atoms with Crippen molar-refractivity contribution < 1.29 is 9.59 Å². The lowest BCUT2D eigenvalue weighted by atomic mass is 9.99. The average molecular weight is 246 g/mol. The van der Waals surface area contributed by atoms with E-state index in [2.05, 4.69) is 10.6 Å². The molecule has 1 aliphatic rings. The minimum atomic E-state index is 0.0318. The van der Waals surface area contributed by atoms with Crippen molar-refractivity contribution in [3.8, 4) is 0 Å². The standard InChI is InChI=1S/C14H18N2O2/c1-10(17)11-4-6-13(7-5-11)16-14(18)12-3-2-8-15-9-12/h4-7,12,15H,2-3,8-9H2,1H3,(H,16,18)/t12-/m1/s1. The molecule has 4 heteroatoms. The Morgan fingerprint density at radius 1 is 1.28 bits per heavy atom. The molecule has 0 bridgehead atoms. The molecule has 1 heterocycles. The molecule has 1 atom stereocenters. The molecule has 96 valence electrons. The molecule has 0 spiro atoms. The summed E-state index contributed by atoms with van der Waals surface area (Å²) in [5.74, 6) is 0.133. The van der Waals surface area contributed by atoms with E-state index < -0.39 is 0 Å². The third-order valence-corrected chi connectivity index (χ3v) is 3.23. The SMILES string of the molecule is CC(=O)c1ccc(NC(=O)[C@@H]2CCCNC2)cc1.